The molecule has 35 heavy (non-hydrogen) atoms. The molecule has 3 heterocycles. The normalized spacial score (nSPS) is 11.4. The Labute approximate surface area is 209 Å². The number of hydrogen-bond acceptors (Lipinski definition) is 11. The van der Waals surface area contributed by atoms with Gasteiger partial charge in [0.25, 0.3) is 10.0 Å². The summed E-state index contributed by atoms with van der Waals surface area (Å²) in [7, 11) is -2.35. The minimum Gasteiger partial charge on any atom is -0.459 e. The predicted molar refractivity (Wildman–Crippen MR) is 132 cm³/mol. The second kappa shape index (κ2) is 10.5. The number of halogens is 1. The van der Waals surface area contributed by atoms with Gasteiger partial charge in [0.2, 0.25) is 0 Å². The molecule has 0 fully saturated rings. The van der Waals surface area contributed by atoms with Crippen LogP contribution in [0.25, 0.3) is 10.2 Å². The molecule has 11 nitrogen and oxygen atoms in total. The molecular weight excluding hydrogens is 516 g/mol. The van der Waals surface area contributed by atoms with Crippen molar-refractivity contribution in [2.75, 3.05) is 30.4 Å². The number of anilines is 3. The molecule has 0 aliphatic rings. The van der Waals surface area contributed by atoms with Gasteiger partial charge < -0.3 is 14.8 Å². The van der Waals surface area contributed by atoms with Crippen LogP contribution in [0.1, 0.15) is 15.2 Å². The van der Waals surface area contributed by atoms with E-state index in [2.05, 4.69) is 30.2 Å². The number of thiophene rings is 1. The maximum absolute atomic E-state index is 12.6. The largest absolute Gasteiger partial charge is 0.459 e. The number of ether oxygens (including phenoxy) is 2. The second-order valence-electron chi connectivity index (χ2n) is 7.08. The summed E-state index contributed by atoms with van der Waals surface area (Å²) < 4.78 is 37.7. The summed E-state index contributed by atoms with van der Waals surface area (Å²) in [5.41, 5.74) is 1.27. The van der Waals surface area contributed by atoms with E-state index < -0.39 is 16.0 Å². The number of methoxy groups -OCH3 is 1. The number of rotatable bonds is 9. The van der Waals surface area contributed by atoms with Crippen molar-refractivity contribution < 1.29 is 22.7 Å². The summed E-state index contributed by atoms with van der Waals surface area (Å²) in [6, 6.07) is 8.90. The number of fused-ring (bicyclic) bond motifs is 1. The summed E-state index contributed by atoms with van der Waals surface area (Å²) in [5.74, 6) is 0.0651. The van der Waals surface area contributed by atoms with Gasteiger partial charge in [-0.15, -0.1) is 21.5 Å². The number of benzene rings is 1. The SMILES string of the molecule is COCCOC(=O)c1sc2ncnc(Nc3ccc(S(=O)(=O)Nc4ccc(Cl)nn4)cc3)c2c1C. The third-order valence-electron chi connectivity index (χ3n) is 4.73. The van der Waals surface area contributed by atoms with Crippen LogP contribution in [0, 0.1) is 6.92 Å². The van der Waals surface area contributed by atoms with Gasteiger partial charge >= 0.3 is 5.97 Å². The van der Waals surface area contributed by atoms with E-state index in [4.69, 9.17) is 21.1 Å². The van der Waals surface area contributed by atoms with Gasteiger partial charge in [-0.25, -0.2) is 23.2 Å². The number of carbonyl (C=O) groups excluding carboxylic acids is 1. The van der Waals surface area contributed by atoms with Crippen LogP contribution in [0.3, 0.4) is 0 Å². The molecule has 4 aromatic rings. The maximum atomic E-state index is 12.6. The highest BCUT2D eigenvalue weighted by Crippen LogP contribution is 2.35. The molecule has 0 unspecified atom stereocenters. The standard InChI is InChI=1S/C21H19ClN6O5S2/c1-12-17-19(23-11-24-20(17)34-18(12)21(29)33-10-9-32-2)25-13-3-5-14(6-4-13)35(30,31)28-16-8-7-15(22)26-27-16/h3-8,11H,9-10H2,1-2H3,(H,27,28)(H,23,24,25). The Hall–Kier alpha value is -3.39. The average molecular weight is 535 g/mol. The number of esters is 1. The summed E-state index contributed by atoms with van der Waals surface area (Å²) >= 11 is 6.89. The van der Waals surface area contributed by atoms with Crippen molar-refractivity contribution in [2.24, 2.45) is 0 Å². The predicted octanol–water partition coefficient (Wildman–Crippen LogP) is 3.79. The Morgan fingerprint density at radius 1 is 1.09 bits per heavy atom. The van der Waals surface area contributed by atoms with Crippen molar-refractivity contribution in [2.45, 2.75) is 11.8 Å². The van der Waals surface area contributed by atoms with Crippen LogP contribution in [-0.2, 0) is 19.5 Å². The highest BCUT2D eigenvalue weighted by Gasteiger charge is 2.21. The average Bonchev–Trinajstić information content (AvgIpc) is 3.18. The lowest BCUT2D eigenvalue weighted by Gasteiger charge is -2.10. The zero-order chi connectivity index (χ0) is 25.0. The Morgan fingerprint density at radius 2 is 1.86 bits per heavy atom. The molecule has 2 N–H and O–H groups in total. The molecular formula is C21H19ClN6O5S2. The smallest absolute Gasteiger partial charge is 0.348 e. The van der Waals surface area contributed by atoms with Gasteiger partial charge in [0.05, 0.1) is 16.9 Å². The molecule has 0 amide bonds. The first-order valence-corrected chi connectivity index (χ1v) is 12.8. The Bertz CT molecular complexity index is 1460. The quantitative estimate of drug-likeness (QED) is 0.240. The van der Waals surface area contributed by atoms with Crippen LogP contribution in [0.5, 0.6) is 0 Å². The fraction of sp³-hybridized carbons (Fsp3) is 0.190. The highest BCUT2D eigenvalue weighted by atomic mass is 35.5. The van der Waals surface area contributed by atoms with E-state index in [1.165, 1.54) is 49.0 Å². The summed E-state index contributed by atoms with van der Waals surface area (Å²) in [5, 5.41) is 11.3. The number of aryl methyl sites for hydroxylation is 1. The van der Waals surface area contributed by atoms with Crippen molar-refractivity contribution in [3.8, 4) is 0 Å². The van der Waals surface area contributed by atoms with E-state index in [0.717, 1.165) is 0 Å². The lowest BCUT2D eigenvalue weighted by atomic mass is 10.2. The fourth-order valence-electron chi connectivity index (χ4n) is 3.07. The lowest BCUT2D eigenvalue weighted by molar-refractivity contribution is 0.0393. The van der Waals surface area contributed by atoms with Crippen molar-refractivity contribution in [3.05, 3.63) is 58.3 Å². The van der Waals surface area contributed by atoms with E-state index in [9.17, 15) is 13.2 Å². The molecule has 182 valence electrons. The Morgan fingerprint density at radius 3 is 2.54 bits per heavy atom. The van der Waals surface area contributed by atoms with E-state index in [0.29, 0.717) is 38.8 Å². The van der Waals surface area contributed by atoms with Gasteiger partial charge in [-0.1, -0.05) is 11.6 Å². The molecule has 0 saturated carbocycles. The van der Waals surface area contributed by atoms with Crippen LogP contribution in [0.2, 0.25) is 5.15 Å². The van der Waals surface area contributed by atoms with Crippen LogP contribution in [-0.4, -0.2) is 54.9 Å². The third kappa shape index (κ3) is 5.65. The zero-order valence-electron chi connectivity index (χ0n) is 18.5. The topological polar surface area (TPSA) is 145 Å². The molecule has 0 atom stereocenters. The molecule has 0 aliphatic carbocycles. The number of nitrogens with zero attached hydrogens (tertiary/aromatic N) is 4. The molecule has 1 aromatic carbocycles. The van der Waals surface area contributed by atoms with Crippen molar-refractivity contribution in [1.29, 1.82) is 0 Å². The zero-order valence-corrected chi connectivity index (χ0v) is 20.9. The van der Waals surface area contributed by atoms with Crippen molar-refractivity contribution in [1.82, 2.24) is 20.2 Å². The summed E-state index contributed by atoms with van der Waals surface area (Å²) in [6.45, 7) is 2.24. The summed E-state index contributed by atoms with van der Waals surface area (Å²) in [4.78, 5) is 22.1. The first kappa shape index (κ1) is 24.7. The number of aromatic nitrogens is 4. The molecule has 3 aromatic heterocycles. The van der Waals surface area contributed by atoms with Gasteiger partial charge in [-0.2, -0.15) is 0 Å². The number of sulfonamides is 1. The molecule has 0 radical (unpaired) electrons. The Balaban J connectivity index is 1.54. The third-order valence-corrected chi connectivity index (χ3v) is 7.48. The van der Waals surface area contributed by atoms with Crippen LogP contribution < -0.4 is 10.0 Å². The van der Waals surface area contributed by atoms with Gasteiger partial charge in [-0.3, -0.25) is 4.72 Å². The van der Waals surface area contributed by atoms with Gasteiger partial charge in [0.15, 0.2) is 11.0 Å². The van der Waals surface area contributed by atoms with Crippen LogP contribution in [0.4, 0.5) is 17.3 Å². The number of carbonyl (C=O) groups is 1. The van der Waals surface area contributed by atoms with E-state index in [1.54, 1.807) is 19.1 Å². The molecule has 14 heteroatoms. The van der Waals surface area contributed by atoms with Crippen molar-refractivity contribution in [3.63, 3.8) is 0 Å². The number of nitrogens with one attached hydrogen (secondary N) is 2. The van der Waals surface area contributed by atoms with Crippen LogP contribution >= 0.6 is 22.9 Å². The second-order valence-corrected chi connectivity index (χ2v) is 10.2. The summed E-state index contributed by atoms with van der Waals surface area (Å²) in [6.07, 6.45) is 1.39. The minimum absolute atomic E-state index is 0.0282. The molecule has 0 saturated heterocycles. The van der Waals surface area contributed by atoms with E-state index in [-0.39, 0.29) is 22.5 Å². The minimum atomic E-state index is -3.88. The molecule has 0 spiro atoms. The molecule has 0 aliphatic heterocycles. The van der Waals surface area contributed by atoms with Crippen molar-refractivity contribution >= 4 is 66.5 Å². The maximum Gasteiger partial charge on any atom is 0.348 e. The highest BCUT2D eigenvalue weighted by molar-refractivity contribution is 7.92. The number of hydrogen-bond donors (Lipinski definition) is 2. The lowest BCUT2D eigenvalue weighted by Crippen LogP contribution is -2.14. The Kier molecular flexibility index (Phi) is 7.40. The molecule has 0 bridgehead atoms. The van der Waals surface area contributed by atoms with Gasteiger partial charge in [-0.05, 0) is 48.9 Å². The van der Waals surface area contributed by atoms with Gasteiger partial charge in [0.1, 0.15) is 28.5 Å². The van der Waals surface area contributed by atoms with E-state index in [1.807, 2.05) is 0 Å². The van der Waals surface area contributed by atoms with Gasteiger partial charge in [0, 0.05) is 12.8 Å². The molecule has 4 rings (SSSR count). The first-order valence-electron chi connectivity index (χ1n) is 10.1. The first-order chi connectivity index (χ1) is 16.8. The van der Waals surface area contributed by atoms with Crippen LogP contribution in [0.15, 0.2) is 47.6 Å². The monoisotopic (exact) mass is 534 g/mol. The fourth-order valence-corrected chi connectivity index (χ4v) is 5.21. The van der Waals surface area contributed by atoms with E-state index >= 15 is 0 Å².